The molecule has 3 nitrogen and oxygen atoms in total. The Morgan fingerprint density at radius 2 is 1.95 bits per heavy atom. The third-order valence-electron chi connectivity index (χ3n) is 3.31. The number of thiophene rings is 1. The van der Waals surface area contributed by atoms with Crippen LogP contribution < -0.4 is 10.2 Å². The molecule has 0 atom stereocenters. The predicted molar refractivity (Wildman–Crippen MR) is 90.2 cm³/mol. The van der Waals surface area contributed by atoms with Gasteiger partial charge in [0.2, 0.25) is 5.91 Å². The number of para-hydroxylation sites is 1. The summed E-state index contributed by atoms with van der Waals surface area (Å²) in [4.78, 5) is 14.0. The van der Waals surface area contributed by atoms with E-state index in [4.69, 9.17) is 0 Å². The lowest BCUT2D eigenvalue weighted by molar-refractivity contribution is -0.114. The second-order valence-electron chi connectivity index (χ2n) is 4.91. The Morgan fingerprint density at radius 3 is 2.76 bits per heavy atom. The van der Waals surface area contributed by atoms with E-state index in [9.17, 15) is 4.79 Å². The molecular weight excluding hydrogens is 280 g/mol. The Morgan fingerprint density at radius 1 is 1.14 bits per heavy atom. The molecule has 1 aromatic heterocycles. The number of nitrogens with one attached hydrogen (secondary N) is 1. The molecule has 21 heavy (non-hydrogen) atoms. The minimum absolute atomic E-state index is 0.0177. The van der Waals surface area contributed by atoms with E-state index in [-0.39, 0.29) is 5.91 Å². The molecule has 0 aliphatic heterocycles. The topological polar surface area (TPSA) is 32.3 Å². The number of carbonyl (C=O) groups is 1. The van der Waals surface area contributed by atoms with Crippen molar-refractivity contribution >= 4 is 38.7 Å². The molecule has 1 amide bonds. The zero-order valence-electron chi connectivity index (χ0n) is 11.7. The smallest absolute Gasteiger partial charge is 0.243 e. The molecule has 0 unspecified atom stereocenters. The van der Waals surface area contributed by atoms with Crippen molar-refractivity contribution in [3.63, 3.8) is 0 Å². The van der Waals surface area contributed by atoms with Crippen LogP contribution >= 0.6 is 11.3 Å². The van der Waals surface area contributed by atoms with Crippen LogP contribution in [0.15, 0.2) is 60.0 Å². The van der Waals surface area contributed by atoms with E-state index in [1.165, 1.54) is 4.70 Å². The predicted octanol–water partition coefficient (Wildman–Crippen LogP) is 3.98. The maximum atomic E-state index is 12.1. The summed E-state index contributed by atoms with van der Waals surface area (Å²) in [6.45, 7) is 0.325. The highest BCUT2D eigenvalue weighted by molar-refractivity contribution is 7.17. The lowest BCUT2D eigenvalue weighted by Crippen LogP contribution is -2.29. The van der Waals surface area contributed by atoms with Crippen molar-refractivity contribution in [1.29, 1.82) is 0 Å². The minimum Gasteiger partial charge on any atom is -0.365 e. The SMILES string of the molecule is CN(CC(=O)Nc1ccc2sccc2c1)c1ccccc1. The van der Waals surface area contributed by atoms with Crippen LogP contribution in [0.25, 0.3) is 10.1 Å². The van der Waals surface area contributed by atoms with E-state index in [2.05, 4.69) is 16.8 Å². The zero-order chi connectivity index (χ0) is 14.7. The average molecular weight is 296 g/mol. The molecule has 106 valence electrons. The van der Waals surface area contributed by atoms with Gasteiger partial charge in [0.1, 0.15) is 0 Å². The van der Waals surface area contributed by atoms with E-state index >= 15 is 0 Å². The second kappa shape index (κ2) is 5.97. The van der Waals surface area contributed by atoms with E-state index < -0.39 is 0 Å². The summed E-state index contributed by atoms with van der Waals surface area (Å²) in [7, 11) is 1.91. The Labute approximate surface area is 127 Å². The average Bonchev–Trinajstić information content (AvgIpc) is 2.95. The van der Waals surface area contributed by atoms with Gasteiger partial charge in [0.15, 0.2) is 0 Å². The van der Waals surface area contributed by atoms with Crippen LogP contribution in [-0.4, -0.2) is 19.5 Å². The molecule has 4 heteroatoms. The standard InChI is InChI=1S/C17H16N2OS/c1-19(15-5-3-2-4-6-15)12-17(20)18-14-7-8-16-13(11-14)9-10-21-16/h2-11H,12H2,1H3,(H,18,20). The maximum Gasteiger partial charge on any atom is 0.243 e. The molecule has 1 N–H and O–H groups in total. The van der Waals surface area contributed by atoms with Crippen molar-refractivity contribution in [3.05, 3.63) is 60.0 Å². The lowest BCUT2D eigenvalue weighted by atomic mass is 10.2. The lowest BCUT2D eigenvalue weighted by Gasteiger charge is -2.18. The first-order valence-electron chi connectivity index (χ1n) is 6.76. The van der Waals surface area contributed by atoms with Crippen LogP contribution in [0.3, 0.4) is 0 Å². The van der Waals surface area contributed by atoms with E-state index in [1.54, 1.807) is 11.3 Å². The van der Waals surface area contributed by atoms with Crippen LogP contribution in [0.2, 0.25) is 0 Å². The van der Waals surface area contributed by atoms with E-state index in [1.807, 2.05) is 60.5 Å². The van der Waals surface area contributed by atoms with Crippen LogP contribution in [0.1, 0.15) is 0 Å². The minimum atomic E-state index is -0.0177. The van der Waals surface area contributed by atoms with Crippen molar-refractivity contribution in [2.45, 2.75) is 0 Å². The highest BCUT2D eigenvalue weighted by atomic mass is 32.1. The van der Waals surface area contributed by atoms with Gasteiger partial charge < -0.3 is 10.2 Å². The van der Waals surface area contributed by atoms with E-state index in [0.717, 1.165) is 16.8 Å². The molecule has 3 rings (SSSR count). The number of rotatable bonds is 4. The summed E-state index contributed by atoms with van der Waals surface area (Å²) in [5.41, 5.74) is 1.87. The molecule has 0 radical (unpaired) electrons. The number of carbonyl (C=O) groups excluding carboxylic acids is 1. The third-order valence-corrected chi connectivity index (χ3v) is 4.21. The van der Waals surface area contributed by atoms with Crippen LogP contribution in [0, 0.1) is 0 Å². The third kappa shape index (κ3) is 3.23. The van der Waals surface area contributed by atoms with Gasteiger partial charge in [-0.1, -0.05) is 18.2 Å². The van der Waals surface area contributed by atoms with Gasteiger partial charge in [-0.2, -0.15) is 0 Å². The fourth-order valence-electron chi connectivity index (χ4n) is 2.23. The molecule has 1 heterocycles. The molecule has 0 bridgehead atoms. The number of benzene rings is 2. The highest BCUT2D eigenvalue weighted by Crippen LogP contribution is 2.24. The van der Waals surface area contributed by atoms with Gasteiger partial charge in [0.05, 0.1) is 6.54 Å². The monoisotopic (exact) mass is 296 g/mol. The van der Waals surface area contributed by atoms with Gasteiger partial charge >= 0.3 is 0 Å². The summed E-state index contributed by atoms with van der Waals surface area (Å²) >= 11 is 1.70. The Balaban J connectivity index is 1.66. The summed E-state index contributed by atoms with van der Waals surface area (Å²) in [6.07, 6.45) is 0. The van der Waals surface area contributed by atoms with Crippen molar-refractivity contribution in [2.75, 3.05) is 23.8 Å². The van der Waals surface area contributed by atoms with Crippen LogP contribution in [0.5, 0.6) is 0 Å². The number of amides is 1. The molecular formula is C17H16N2OS. The molecule has 2 aromatic carbocycles. The highest BCUT2D eigenvalue weighted by Gasteiger charge is 2.08. The summed E-state index contributed by atoms with van der Waals surface area (Å²) < 4.78 is 1.23. The largest absolute Gasteiger partial charge is 0.365 e. The summed E-state index contributed by atoms with van der Waals surface area (Å²) in [5.74, 6) is -0.0177. The second-order valence-corrected chi connectivity index (χ2v) is 5.86. The molecule has 3 aromatic rings. The first kappa shape index (κ1) is 13.6. The Hall–Kier alpha value is -2.33. The van der Waals surface area contributed by atoms with Gasteiger partial charge in [0, 0.05) is 23.1 Å². The van der Waals surface area contributed by atoms with Crippen molar-refractivity contribution < 1.29 is 4.79 Å². The number of anilines is 2. The quantitative estimate of drug-likeness (QED) is 0.790. The molecule has 0 spiro atoms. The summed E-state index contributed by atoms with van der Waals surface area (Å²) in [6, 6.07) is 17.9. The molecule has 0 aliphatic carbocycles. The maximum absolute atomic E-state index is 12.1. The summed E-state index contributed by atoms with van der Waals surface area (Å²) in [5, 5.41) is 6.16. The van der Waals surface area contributed by atoms with Gasteiger partial charge in [-0.25, -0.2) is 0 Å². The van der Waals surface area contributed by atoms with Gasteiger partial charge in [-0.15, -0.1) is 11.3 Å². The van der Waals surface area contributed by atoms with E-state index in [0.29, 0.717) is 6.54 Å². The van der Waals surface area contributed by atoms with Gasteiger partial charge in [-0.3, -0.25) is 4.79 Å². The molecule has 0 aliphatic rings. The molecule has 0 saturated carbocycles. The fraction of sp³-hybridized carbons (Fsp3) is 0.118. The first-order chi connectivity index (χ1) is 10.2. The van der Waals surface area contributed by atoms with Crippen LogP contribution in [-0.2, 0) is 4.79 Å². The zero-order valence-corrected chi connectivity index (χ0v) is 12.6. The van der Waals surface area contributed by atoms with Crippen LogP contribution in [0.4, 0.5) is 11.4 Å². The number of hydrogen-bond donors (Lipinski definition) is 1. The number of nitrogens with zero attached hydrogens (tertiary/aromatic N) is 1. The van der Waals surface area contributed by atoms with Crippen molar-refractivity contribution in [1.82, 2.24) is 0 Å². The Kier molecular flexibility index (Phi) is 3.88. The Bertz CT molecular complexity index is 752. The first-order valence-corrected chi connectivity index (χ1v) is 7.63. The molecule has 0 saturated heterocycles. The molecule has 0 fully saturated rings. The fourth-order valence-corrected chi connectivity index (χ4v) is 3.01. The number of hydrogen-bond acceptors (Lipinski definition) is 3. The van der Waals surface area contributed by atoms with Crippen molar-refractivity contribution in [2.24, 2.45) is 0 Å². The number of fused-ring (bicyclic) bond motifs is 1. The normalized spacial score (nSPS) is 10.5. The number of likely N-dealkylation sites (N-methyl/N-ethyl adjacent to an activating group) is 1. The van der Waals surface area contributed by atoms with Crippen molar-refractivity contribution in [3.8, 4) is 0 Å². The van der Waals surface area contributed by atoms with Gasteiger partial charge in [0.25, 0.3) is 0 Å². The van der Waals surface area contributed by atoms with Gasteiger partial charge in [-0.05, 0) is 47.2 Å².